The summed E-state index contributed by atoms with van der Waals surface area (Å²) in [5, 5.41) is 0. The number of benzene rings is 1. The molecule has 1 heterocycles. The number of para-hydroxylation sites is 1. The van der Waals surface area contributed by atoms with E-state index in [9.17, 15) is 13.2 Å². The van der Waals surface area contributed by atoms with Crippen molar-refractivity contribution in [3.05, 3.63) is 29.8 Å². The fraction of sp³-hybridized carbons (Fsp3) is 0.533. The van der Waals surface area contributed by atoms with Crippen molar-refractivity contribution in [2.24, 2.45) is 5.92 Å². The van der Waals surface area contributed by atoms with Crippen LogP contribution >= 0.6 is 0 Å². The molecule has 1 aromatic rings. The van der Waals surface area contributed by atoms with Gasteiger partial charge in [-0.05, 0) is 18.9 Å². The highest BCUT2D eigenvalue weighted by Gasteiger charge is 2.30. The first-order chi connectivity index (χ1) is 9.93. The zero-order valence-corrected chi connectivity index (χ0v) is 13.2. The van der Waals surface area contributed by atoms with Gasteiger partial charge in [-0.15, -0.1) is 0 Å². The number of rotatable bonds is 4. The number of carbonyl (C=O) groups is 1. The van der Waals surface area contributed by atoms with Crippen LogP contribution in [0, 0.1) is 5.92 Å². The second-order valence-electron chi connectivity index (χ2n) is 5.43. The summed E-state index contributed by atoms with van der Waals surface area (Å²) in [5.41, 5.74) is 0.944. The van der Waals surface area contributed by atoms with Gasteiger partial charge >= 0.3 is 0 Å². The van der Waals surface area contributed by atoms with Crippen molar-refractivity contribution in [3.63, 3.8) is 0 Å². The quantitative estimate of drug-likeness (QED) is 0.845. The van der Waals surface area contributed by atoms with Gasteiger partial charge in [-0.2, -0.15) is 0 Å². The molecule has 1 aliphatic heterocycles. The van der Waals surface area contributed by atoms with Crippen LogP contribution in [0.2, 0.25) is 0 Å². The number of carbonyl (C=O) groups excluding carboxylic acids is 1. The van der Waals surface area contributed by atoms with Crippen LogP contribution in [0.5, 0.6) is 5.75 Å². The molecule has 1 fully saturated rings. The maximum absolute atomic E-state index is 12.4. The first-order valence-electron chi connectivity index (χ1n) is 7.00. The molecule has 1 amide bonds. The van der Waals surface area contributed by atoms with Gasteiger partial charge in [0.1, 0.15) is 15.6 Å². The van der Waals surface area contributed by atoms with Gasteiger partial charge in [0.15, 0.2) is 0 Å². The predicted molar refractivity (Wildman–Crippen MR) is 80.8 cm³/mol. The van der Waals surface area contributed by atoms with E-state index in [1.807, 2.05) is 24.3 Å². The Kier molecular flexibility index (Phi) is 4.88. The molecule has 21 heavy (non-hydrogen) atoms. The molecule has 2 rings (SSSR count). The highest BCUT2D eigenvalue weighted by Crippen LogP contribution is 2.23. The lowest BCUT2D eigenvalue weighted by molar-refractivity contribution is -0.135. The van der Waals surface area contributed by atoms with Crippen molar-refractivity contribution in [2.45, 2.75) is 19.4 Å². The monoisotopic (exact) mass is 311 g/mol. The third-order valence-electron chi connectivity index (χ3n) is 3.88. The molecule has 1 saturated heterocycles. The number of nitrogens with zero attached hydrogens (tertiary/aromatic N) is 1. The lowest BCUT2D eigenvalue weighted by Gasteiger charge is -2.26. The molecule has 116 valence electrons. The highest BCUT2D eigenvalue weighted by molar-refractivity contribution is 7.91. The Hall–Kier alpha value is -1.56. The lowest BCUT2D eigenvalue weighted by atomic mass is 10.0. The van der Waals surface area contributed by atoms with E-state index in [1.54, 1.807) is 19.1 Å². The number of amides is 1. The summed E-state index contributed by atoms with van der Waals surface area (Å²) in [6.45, 7) is 0.464. The minimum absolute atomic E-state index is 0.0100. The van der Waals surface area contributed by atoms with E-state index in [2.05, 4.69) is 0 Å². The fourth-order valence-electron chi connectivity index (χ4n) is 2.62. The molecular weight excluding hydrogens is 290 g/mol. The molecule has 0 atom stereocenters. The Bertz CT molecular complexity index is 598. The van der Waals surface area contributed by atoms with Gasteiger partial charge in [0, 0.05) is 25.1 Å². The second kappa shape index (κ2) is 6.47. The van der Waals surface area contributed by atoms with Crippen LogP contribution in [0.25, 0.3) is 0 Å². The van der Waals surface area contributed by atoms with Crippen molar-refractivity contribution < 1.29 is 17.9 Å². The van der Waals surface area contributed by atoms with E-state index >= 15 is 0 Å². The number of hydrogen-bond donors (Lipinski definition) is 0. The van der Waals surface area contributed by atoms with E-state index in [4.69, 9.17) is 4.74 Å². The minimum atomic E-state index is -2.94. The minimum Gasteiger partial charge on any atom is -0.496 e. The van der Waals surface area contributed by atoms with Gasteiger partial charge in [0.05, 0.1) is 18.6 Å². The van der Waals surface area contributed by atoms with Gasteiger partial charge in [-0.25, -0.2) is 8.42 Å². The number of sulfone groups is 1. The summed E-state index contributed by atoms with van der Waals surface area (Å²) in [4.78, 5) is 14.1. The second-order valence-corrected chi connectivity index (χ2v) is 7.74. The van der Waals surface area contributed by atoms with Gasteiger partial charge in [0.2, 0.25) is 5.91 Å². The lowest BCUT2D eigenvalue weighted by Crippen LogP contribution is -2.37. The van der Waals surface area contributed by atoms with Crippen molar-refractivity contribution in [3.8, 4) is 5.75 Å². The summed E-state index contributed by atoms with van der Waals surface area (Å²) in [6.07, 6.45) is 0.856. The summed E-state index contributed by atoms with van der Waals surface area (Å²) in [7, 11) is 0.417. The largest absolute Gasteiger partial charge is 0.496 e. The van der Waals surface area contributed by atoms with E-state index in [-0.39, 0.29) is 23.3 Å². The zero-order valence-electron chi connectivity index (χ0n) is 12.4. The van der Waals surface area contributed by atoms with Gasteiger partial charge in [-0.1, -0.05) is 18.2 Å². The van der Waals surface area contributed by atoms with E-state index in [0.717, 1.165) is 11.3 Å². The first kappa shape index (κ1) is 15.8. The summed E-state index contributed by atoms with van der Waals surface area (Å²) in [6, 6.07) is 7.58. The Balaban J connectivity index is 2.00. The van der Waals surface area contributed by atoms with Crippen molar-refractivity contribution in [1.82, 2.24) is 4.90 Å². The van der Waals surface area contributed by atoms with Gasteiger partial charge < -0.3 is 9.64 Å². The standard InChI is InChI=1S/C15H21NO4S/c1-16(11-13-5-3-4-6-14(13)20-2)15(17)12-7-9-21(18,19)10-8-12/h3-6,12H,7-11H2,1-2H3. The average molecular weight is 311 g/mol. The molecule has 0 radical (unpaired) electrons. The van der Waals surface area contributed by atoms with Crippen LogP contribution in [-0.4, -0.2) is 44.9 Å². The third kappa shape index (κ3) is 3.97. The van der Waals surface area contributed by atoms with Crippen molar-refractivity contribution in [1.29, 1.82) is 0 Å². The van der Waals surface area contributed by atoms with Crippen molar-refractivity contribution in [2.75, 3.05) is 25.7 Å². The molecule has 0 N–H and O–H groups in total. The van der Waals surface area contributed by atoms with Crippen LogP contribution in [-0.2, 0) is 21.2 Å². The number of hydrogen-bond acceptors (Lipinski definition) is 4. The molecular formula is C15H21NO4S. The Morgan fingerprint density at radius 3 is 2.52 bits per heavy atom. The summed E-state index contributed by atoms with van der Waals surface area (Å²) >= 11 is 0. The molecule has 5 nitrogen and oxygen atoms in total. The summed E-state index contributed by atoms with van der Waals surface area (Å²) in [5.74, 6) is 0.810. The van der Waals surface area contributed by atoms with Gasteiger partial charge in [-0.3, -0.25) is 4.79 Å². The summed E-state index contributed by atoms with van der Waals surface area (Å²) < 4.78 is 28.1. The van der Waals surface area contributed by atoms with Crippen molar-refractivity contribution >= 4 is 15.7 Å². The van der Waals surface area contributed by atoms with E-state index < -0.39 is 9.84 Å². The molecule has 6 heteroatoms. The number of methoxy groups -OCH3 is 1. The molecule has 0 bridgehead atoms. The molecule has 0 spiro atoms. The third-order valence-corrected chi connectivity index (χ3v) is 5.60. The zero-order chi connectivity index (χ0) is 15.5. The maximum atomic E-state index is 12.4. The predicted octanol–water partition coefficient (Wildman–Crippen LogP) is 1.48. The van der Waals surface area contributed by atoms with Crippen LogP contribution in [0.15, 0.2) is 24.3 Å². The molecule has 0 saturated carbocycles. The van der Waals surface area contributed by atoms with E-state index in [0.29, 0.717) is 19.4 Å². The average Bonchev–Trinajstić information content (AvgIpc) is 2.47. The van der Waals surface area contributed by atoms with Crippen LogP contribution < -0.4 is 4.74 Å². The SMILES string of the molecule is COc1ccccc1CN(C)C(=O)C1CCS(=O)(=O)CC1. The fourth-order valence-corrected chi connectivity index (χ4v) is 4.11. The normalized spacial score (nSPS) is 18.2. The molecule has 0 aromatic heterocycles. The molecule has 1 aliphatic rings. The first-order valence-corrected chi connectivity index (χ1v) is 8.82. The topological polar surface area (TPSA) is 63.7 Å². The smallest absolute Gasteiger partial charge is 0.225 e. The highest BCUT2D eigenvalue weighted by atomic mass is 32.2. The number of ether oxygens (including phenoxy) is 1. The Morgan fingerprint density at radius 1 is 1.29 bits per heavy atom. The maximum Gasteiger partial charge on any atom is 0.225 e. The Morgan fingerprint density at radius 2 is 1.90 bits per heavy atom. The van der Waals surface area contributed by atoms with Crippen LogP contribution in [0.4, 0.5) is 0 Å². The van der Waals surface area contributed by atoms with Gasteiger partial charge in [0.25, 0.3) is 0 Å². The Labute approximate surface area is 125 Å². The molecule has 0 unspecified atom stereocenters. The van der Waals surface area contributed by atoms with Crippen LogP contribution in [0.3, 0.4) is 0 Å². The molecule has 0 aliphatic carbocycles. The van der Waals surface area contributed by atoms with Crippen LogP contribution in [0.1, 0.15) is 18.4 Å². The van der Waals surface area contributed by atoms with E-state index in [1.165, 1.54) is 0 Å². The molecule has 1 aromatic carbocycles.